The van der Waals surface area contributed by atoms with E-state index in [1.807, 2.05) is 24.3 Å². The Balaban J connectivity index is 2.63. The number of carboxylic acids is 1. The molecule has 16 heavy (non-hydrogen) atoms. The summed E-state index contributed by atoms with van der Waals surface area (Å²) in [4.78, 5) is 12.7. The van der Waals surface area contributed by atoms with Gasteiger partial charge in [0.2, 0.25) is 0 Å². The molecule has 0 aliphatic carbocycles. The third-order valence-electron chi connectivity index (χ3n) is 2.55. The maximum Gasteiger partial charge on any atom is 0.320 e. The molecule has 88 valence electrons. The predicted molar refractivity (Wildman–Crippen MR) is 64.9 cm³/mol. The molecule has 0 aliphatic heterocycles. The van der Waals surface area contributed by atoms with Crippen molar-refractivity contribution in [2.75, 3.05) is 14.1 Å². The number of aliphatic carboxylic acids is 1. The second-order valence-corrected chi connectivity index (χ2v) is 4.35. The third-order valence-corrected chi connectivity index (χ3v) is 2.92. The molecule has 0 spiro atoms. The second kappa shape index (κ2) is 5.87. The summed E-state index contributed by atoms with van der Waals surface area (Å²) in [7, 11) is 3.54. The van der Waals surface area contributed by atoms with Gasteiger partial charge in [0, 0.05) is 5.02 Å². The quantitative estimate of drug-likeness (QED) is 0.860. The molecule has 1 aromatic carbocycles. The van der Waals surface area contributed by atoms with Gasteiger partial charge in [0.05, 0.1) is 0 Å². The first-order chi connectivity index (χ1) is 7.52. The zero-order chi connectivity index (χ0) is 12.1. The summed E-state index contributed by atoms with van der Waals surface area (Å²) in [6, 6.07) is 7.06. The highest BCUT2D eigenvalue weighted by Crippen LogP contribution is 2.18. The van der Waals surface area contributed by atoms with E-state index in [1.54, 1.807) is 19.0 Å². The number of carbonyl (C=O) groups is 1. The van der Waals surface area contributed by atoms with Crippen molar-refractivity contribution in [2.45, 2.75) is 18.9 Å². The molecular formula is C12H16ClNO2. The van der Waals surface area contributed by atoms with Crippen molar-refractivity contribution < 1.29 is 9.90 Å². The average Bonchev–Trinajstić information content (AvgIpc) is 2.20. The molecule has 4 heteroatoms. The van der Waals surface area contributed by atoms with Gasteiger partial charge in [-0.15, -0.1) is 0 Å². The van der Waals surface area contributed by atoms with Crippen LogP contribution >= 0.6 is 11.6 Å². The molecule has 0 amide bonds. The summed E-state index contributed by atoms with van der Waals surface area (Å²) in [6.07, 6.45) is 1.24. The fraction of sp³-hybridized carbons (Fsp3) is 0.417. The smallest absolute Gasteiger partial charge is 0.320 e. The third kappa shape index (κ3) is 3.51. The maximum absolute atomic E-state index is 11.0. The first kappa shape index (κ1) is 13.0. The van der Waals surface area contributed by atoms with Gasteiger partial charge in [-0.05, 0) is 38.6 Å². The van der Waals surface area contributed by atoms with Gasteiger partial charge in [-0.25, -0.2) is 0 Å². The van der Waals surface area contributed by atoms with Gasteiger partial charge in [-0.3, -0.25) is 9.69 Å². The molecule has 1 atom stereocenters. The molecule has 0 saturated heterocycles. The van der Waals surface area contributed by atoms with E-state index in [4.69, 9.17) is 16.7 Å². The Kier molecular flexibility index (Phi) is 4.77. The highest BCUT2D eigenvalue weighted by molar-refractivity contribution is 6.31. The van der Waals surface area contributed by atoms with Gasteiger partial charge in [0.15, 0.2) is 0 Å². The van der Waals surface area contributed by atoms with Crippen molar-refractivity contribution in [2.24, 2.45) is 0 Å². The lowest BCUT2D eigenvalue weighted by atomic mass is 10.0. The van der Waals surface area contributed by atoms with Gasteiger partial charge in [0.1, 0.15) is 6.04 Å². The van der Waals surface area contributed by atoms with Crippen LogP contribution in [0.15, 0.2) is 24.3 Å². The number of benzene rings is 1. The number of halogens is 1. The minimum atomic E-state index is -0.794. The Bertz CT molecular complexity index is 366. The molecule has 0 heterocycles. The van der Waals surface area contributed by atoms with E-state index in [9.17, 15) is 4.79 Å². The zero-order valence-corrected chi connectivity index (χ0v) is 10.2. The summed E-state index contributed by atoms with van der Waals surface area (Å²) in [6.45, 7) is 0. The molecule has 3 nitrogen and oxygen atoms in total. The molecule has 0 unspecified atom stereocenters. The van der Waals surface area contributed by atoms with Gasteiger partial charge in [0.25, 0.3) is 0 Å². The Hall–Kier alpha value is -1.06. The van der Waals surface area contributed by atoms with Gasteiger partial charge in [-0.2, -0.15) is 0 Å². The molecule has 0 aliphatic rings. The molecular weight excluding hydrogens is 226 g/mol. The van der Waals surface area contributed by atoms with Crippen LogP contribution in [0.3, 0.4) is 0 Å². The average molecular weight is 242 g/mol. The highest BCUT2D eigenvalue weighted by atomic mass is 35.5. The number of hydrogen-bond donors (Lipinski definition) is 1. The predicted octanol–water partition coefficient (Wildman–Crippen LogP) is 2.29. The number of aryl methyl sites for hydroxylation is 1. The number of nitrogens with zero attached hydrogens (tertiary/aromatic N) is 1. The lowest BCUT2D eigenvalue weighted by molar-refractivity contribution is -0.142. The minimum absolute atomic E-state index is 0.462. The maximum atomic E-state index is 11.0. The van der Waals surface area contributed by atoms with Gasteiger partial charge >= 0.3 is 5.97 Å². The summed E-state index contributed by atoms with van der Waals surface area (Å²) in [5.74, 6) is -0.794. The van der Waals surface area contributed by atoms with E-state index in [1.165, 1.54) is 0 Å². The second-order valence-electron chi connectivity index (χ2n) is 3.95. The van der Waals surface area contributed by atoms with E-state index in [0.29, 0.717) is 17.9 Å². The lowest BCUT2D eigenvalue weighted by Crippen LogP contribution is -2.35. The van der Waals surface area contributed by atoms with Crippen molar-refractivity contribution in [3.05, 3.63) is 34.9 Å². The van der Waals surface area contributed by atoms with E-state index < -0.39 is 12.0 Å². The van der Waals surface area contributed by atoms with E-state index in [-0.39, 0.29) is 0 Å². The standard InChI is InChI=1S/C12H16ClNO2/c1-14(2)11(12(15)16)8-7-9-5-3-4-6-10(9)13/h3-6,11H,7-8H2,1-2H3,(H,15,16)/t11-/m0/s1. The molecule has 1 aromatic rings. The molecule has 1 N–H and O–H groups in total. The number of likely N-dealkylation sites (N-methyl/N-ethyl adjacent to an activating group) is 1. The monoisotopic (exact) mass is 241 g/mol. The van der Waals surface area contributed by atoms with Crippen LogP contribution in [0.5, 0.6) is 0 Å². The Morgan fingerprint density at radius 1 is 1.44 bits per heavy atom. The normalized spacial score (nSPS) is 12.8. The largest absolute Gasteiger partial charge is 0.480 e. The number of rotatable bonds is 5. The molecule has 0 aromatic heterocycles. The van der Waals surface area contributed by atoms with Crippen molar-refractivity contribution in [1.29, 1.82) is 0 Å². The van der Waals surface area contributed by atoms with Crippen LogP contribution in [-0.2, 0) is 11.2 Å². The number of carboxylic acid groups (broad SMARTS) is 1. The minimum Gasteiger partial charge on any atom is -0.480 e. The SMILES string of the molecule is CN(C)[C@@H](CCc1ccccc1Cl)C(=O)O. The topological polar surface area (TPSA) is 40.5 Å². The van der Waals surface area contributed by atoms with Crippen LogP contribution in [0.25, 0.3) is 0 Å². The van der Waals surface area contributed by atoms with Crippen LogP contribution in [0.2, 0.25) is 5.02 Å². The van der Waals surface area contributed by atoms with Crippen LogP contribution in [-0.4, -0.2) is 36.1 Å². The highest BCUT2D eigenvalue weighted by Gasteiger charge is 2.19. The summed E-state index contributed by atoms with van der Waals surface area (Å²) in [5, 5.41) is 9.72. The van der Waals surface area contributed by atoms with E-state index >= 15 is 0 Å². The van der Waals surface area contributed by atoms with Crippen molar-refractivity contribution in [1.82, 2.24) is 4.90 Å². The zero-order valence-electron chi connectivity index (χ0n) is 9.48. The Labute approximate surface area is 101 Å². The van der Waals surface area contributed by atoms with Gasteiger partial charge < -0.3 is 5.11 Å². The van der Waals surface area contributed by atoms with Gasteiger partial charge in [-0.1, -0.05) is 29.8 Å². The van der Waals surface area contributed by atoms with Crippen LogP contribution in [0.1, 0.15) is 12.0 Å². The molecule has 1 rings (SSSR count). The van der Waals surface area contributed by atoms with Crippen molar-refractivity contribution >= 4 is 17.6 Å². The first-order valence-corrected chi connectivity index (χ1v) is 5.53. The molecule has 0 saturated carbocycles. The Morgan fingerprint density at radius 2 is 2.06 bits per heavy atom. The summed E-state index contributed by atoms with van der Waals surface area (Å²) in [5.41, 5.74) is 0.997. The van der Waals surface area contributed by atoms with Crippen LogP contribution in [0, 0.1) is 0 Å². The van der Waals surface area contributed by atoms with Crippen molar-refractivity contribution in [3.63, 3.8) is 0 Å². The van der Waals surface area contributed by atoms with Crippen molar-refractivity contribution in [3.8, 4) is 0 Å². The molecule has 0 radical (unpaired) electrons. The van der Waals surface area contributed by atoms with E-state index in [2.05, 4.69) is 0 Å². The van der Waals surface area contributed by atoms with E-state index in [0.717, 1.165) is 5.56 Å². The number of hydrogen-bond acceptors (Lipinski definition) is 2. The van der Waals surface area contributed by atoms with Crippen LogP contribution in [0.4, 0.5) is 0 Å². The molecule has 0 fully saturated rings. The lowest BCUT2D eigenvalue weighted by Gasteiger charge is -2.19. The Morgan fingerprint density at radius 3 is 2.56 bits per heavy atom. The van der Waals surface area contributed by atoms with Crippen LogP contribution < -0.4 is 0 Å². The fourth-order valence-corrected chi connectivity index (χ4v) is 1.83. The summed E-state index contributed by atoms with van der Waals surface area (Å²) >= 11 is 6.01. The molecule has 0 bridgehead atoms. The first-order valence-electron chi connectivity index (χ1n) is 5.15. The fourth-order valence-electron chi connectivity index (χ4n) is 1.60. The summed E-state index contributed by atoms with van der Waals surface area (Å²) < 4.78 is 0.